The highest BCUT2D eigenvalue weighted by Gasteiger charge is 2.07. The van der Waals surface area contributed by atoms with E-state index in [-0.39, 0.29) is 0 Å². The highest BCUT2D eigenvalue weighted by molar-refractivity contribution is 7.13. The van der Waals surface area contributed by atoms with Crippen molar-refractivity contribution in [3.05, 3.63) is 65.3 Å². The smallest absolute Gasteiger partial charge is 0.142 e. The third-order valence-corrected chi connectivity index (χ3v) is 3.73. The van der Waals surface area contributed by atoms with Gasteiger partial charge in [0.2, 0.25) is 0 Å². The molecule has 1 aromatic carbocycles. The molecule has 2 heterocycles. The van der Waals surface area contributed by atoms with Crippen LogP contribution in [0.25, 0.3) is 10.7 Å². The Kier molecular flexibility index (Phi) is 3.90. The number of benzene rings is 1. The summed E-state index contributed by atoms with van der Waals surface area (Å²) in [6.07, 6.45) is 1.75. The second kappa shape index (κ2) is 6.16. The molecule has 0 bridgehead atoms. The molecule has 0 unspecified atom stereocenters. The number of hydrogen-bond acceptors (Lipinski definition) is 5. The number of nitrogens with zero attached hydrogens (tertiary/aromatic N) is 3. The van der Waals surface area contributed by atoms with Crippen molar-refractivity contribution >= 4 is 11.3 Å². The number of ether oxygens (including phenoxy) is 1. The lowest BCUT2D eigenvalue weighted by Gasteiger charge is -2.05. The first-order chi connectivity index (χ1) is 10.4. The van der Waals surface area contributed by atoms with Gasteiger partial charge in [-0.25, -0.2) is 4.98 Å². The normalized spacial score (nSPS) is 10.0. The van der Waals surface area contributed by atoms with E-state index < -0.39 is 0 Å². The van der Waals surface area contributed by atoms with Gasteiger partial charge >= 0.3 is 0 Å². The van der Waals surface area contributed by atoms with Crippen molar-refractivity contribution in [3.63, 3.8) is 0 Å². The first kappa shape index (κ1) is 13.3. The molecule has 2 aromatic heterocycles. The zero-order chi connectivity index (χ0) is 14.5. The van der Waals surface area contributed by atoms with Crippen molar-refractivity contribution in [1.82, 2.24) is 9.97 Å². The van der Waals surface area contributed by atoms with Crippen LogP contribution in [-0.2, 0) is 6.61 Å². The number of para-hydroxylation sites is 1. The molecule has 0 atom stereocenters. The lowest BCUT2D eigenvalue weighted by atomic mass is 10.2. The molecule has 4 nitrogen and oxygen atoms in total. The topological polar surface area (TPSA) is 58.8 Å². The molecule has 0 radical (unpaired) electrons. The Morgan fingerprint density at radius 2 is 2.00 bits per heavy atom. The Bertz CT molecular complexity index is 777. The fourth-order valence-corrected chi connectivity index (χ4v) is 2.60. The maximum Gasteiger partial charge on any atom is 0.142 e. The Morgan fingerprint density at radius 3 is 2.81 bits per heavy atom. The molecule has 0 spiro atoms. The third-order valence-electron chi connectivity index (χ3n) is 2.82. The van der Waals surface area contributed by atoms with Crippen molar-refractivity contribution in [2.45, 2.75) is 6.61 Å². The molecular formula is C16H11N3OS. The van der Waals surface area contributed by atoms with Crippen LogP contribution in [0.2, 0.25) is 0 Å². The number of nitriles is 1. The molecular weight excluding hydrogens is 282 g/mol. The molecule has 0 aliphatic rings. The van der Waals surface area contributed by atoms with Crippen LogP contribution in [-0.4, -0.2) is 9.97 Å². The van der Waals surface area contributed by atoms with E-state index in [1.807, 2.05) is 35.7 Å². The lowest BCUT2D eigenvalue weighted by molar-refractivity contribution is 0.301. The van der Waals surface area contributed by atoms with Crippen molar-refractivity contribution in [1.29, 1.82) is 5.26 Å². The van der Waals surface area contributed by atoms with Gasteiger partial charge in [0.25, 0.3) is 0 Å². The number of pyridine rings is 1. The van der Waals surface area contributed by atoms with Crippen LogP contribution in [0.3, 0.4) is 0 Å². The van der Waals surface area contributed by atoms with Crippen LogP contribution in [0, 0.1) is 11.3 Å². The maximum atomic E-state index is 9.02. The van der Waals surface area contributed by atoms with Gasteiger partial charge in [0.15, 0.2) is 0 Å². The molecule has 0 amide bonds. The number of rotatable bonds is 4. The van der Waals surface area contributed by atoms with Crippen molar-refractivity contribution < 1.29 is 4.74 Å². The predicted octanol–water partition coefficient (Wildman–Crippen LogP) is 3.66. The molecule has 0 aliphatic carbocycles. The van der Waals surface area contributed by atoms with E-state index in [2.05, 4.69) is 16.0 Å². The van der Waals surface area contributed by atoms with Crippen LogP contribution in [0.1, 0.15) is 11.3 Å². The van der Waals surface area contributed by atoms with Crippen molar-refractivity contribution in [2.24, 2.45) is 0 Å². The SMILES string of the molecule is N#Cc1ccccc1OCc1csc(-c2ccccn2)n1. The molecule has 0 N–H and O–H groups in total. The Morgan fingerprint density at radius 1 is 1.14 bits per heavy atom. The summed E-state index contributed by atoms with van der Waals surface area (Å²) in [6, 6.07) is 15.0. The lowest BCUT2D eigenvalue weighted by Crippen LogP contribution is -1.97. The Hall–Kier alpha value is -2.71. The second-order valence-electron chi connectivity index (χ2n) is 4.26. The summed E-state index contributed by atoms with van der Waals surface area (Å²) in [6.45, 7) is 0.335. The molecule has 0 saturated carbocycles. The van der Waals surface area contributed by atoms with E-state index in [0.29, 0.717) is 17.9 Å². The minimum Gasteiger partial charge on any atom is -0.486 e. The summed E-state index contributed by atoms with van der Waals surface area (Å²) in [5.74, 6) is 0.576. The van der Waals surface area contributed by atoms with Crippen molar-refractivity contribution in [3.8, 4) is 22.5 Å². The average Bonchev–Trinajstić information content (AvgIpc) is 3.03. The van der Waals surface area contributed by atoms with Gasteiger partial charge in [-0.1, -0.05) is 18.2 Å². The maximum absolute atomic E-state index is 9.02. The third kappa shape index (κ3) is 3.07. The quantitative estimate of drug-likeness (QED) is 0.736. The fourth-order valence-electron chi connectivity index (χ4n) is 1.82. The van der Waals surface area contributed by atoms with Gasteiger partial charge in [0.05, 0.1) is 17.0 Å². The average molecular weight is 293 g/mol. The first-order valence-corrected chi connectivity index (χ1v) is 7.22. The van der Waals surface area contributed by atoms with Crippen molar-refractivity contribution in [2.75, 3.05) is 0 Å². The molecule has 3 aromatic rings. The minimum atomic E-state index is 0.335. The first-order valence-electron chi connectivity index (χ1n) is 6.34. The molecule has 21 heavy (non-hydrogen) atoms. The van der Waals surface area contributed by atoms with E-state index in [4.69, 9.17) is 10.00 Å². The summed E-state index contributed by atoms with van der Waals surface area (Å²) < 4.78 is 5.66. The molecule has 0 aliphatic heterocycles. The minimum absolute atomic E-state index is 0.335. The Labute approximate surface area is 126 Å². The second-order valence-corrected chi connectivity index (χ2v) is 5.11. The van der Waals surface area contributed by atoms with Gasteiger partial charge in [-0.3, -0.25) is 4.98 Å². The monoisotopic (exact) mass is 293 g/mol. The van der Waals surface area contributed by atoms with Gasteiger partial charge in [0.1, 0.15) is 23.4 Å². The van der Waals surface area contributed by atoms with E-state index in [1.54, 1.807) is 18.3 Å². The highest BCUT2D eigenvalue weighted by Crippen LogP contribution is 2.23. The molecule has 3 rings (SSSR count). The zero-order valence-electron chi connectivity index (χ0n) is 11.1. The largest absolute Gasteiger partial charge is 0.486 e. The van der Waals surface area contributed by atoms with Gasteiger partial charge in [-0.2, -0.15) is 5.26 Å². The summed E-state index contributed by atoms with van der Waals surface area (Å²) in [5.41, 5.74) is 2.21. The Balaban J connectivity index is 1.72. The number of hydrogen-bond donors (Lipinski definition) is 0. The van der Waals surface area contributed by atoms with Crippen LogP contribution >= 0.6 is 11.3 Å². The van der Waals surface area contributed by atoms with Crippen LogP contribution in [0.15, 0.2) is 54.0 Å². The summed E-state index contributed by atoms with van der Waals surface area (Å²) in [5, 5.41) is 11.8. The molecule has 102 valence electrons. The van der Waals surface area contributed by atoms with Crippen LogP contribution in [0.4, 0.5) is 0 Å². The number of aromatic nitrogens is 2. The van der Waals surface area contributed by atoms with Gasteiger partial charge in [-0.05, 0) is 24.3 Å². The highest BCUT2D eigenvalue weighted by atomic mass is 32.1. The van der Waals surface area contributed by atoms with Crippen LogP contribution in [0.5, 0.6) is 5.75 Å². The van der Waals surface area contributed by atoms with Gasteiger partial charge in [0, 0.05) is 11.6 Å². The van der Waals surface area contributed by atoms with Crippen LogP contribution < -0.4 is 4.74 Å². The summed E-state index contributed by atoms with van der Waals surface area (Å²) in [4.78, 5) is 8.77. The fraction of sp³-hybridized carbons (Fsp3) is 0.0625. The molecule has 5 heteroatoms. The van der Waals surface area contributed by atoms with E-state index >= 15 is 0 Å². The van der Waals surface area contributed by atoms with E-state index in [9.17, 15) is 0 Å². The standard InChI is InChI=1S/C16H11N3OS/c17-9-12-5-1-2-7-15(12)20-10-13-11-21-16(19-13)14-6-3-4-8-18-14/h1-8,11H,10H2. The molecule has 0 fully saturated rings. The van der Waals surface area contributed by atoms with E-state index in [1.165, 1.54) is 11.3 Å². The van der Waals surface area contributed by atoms with Gasteiger partial charge in [-0.15, -0.1) is 11.3 Å². The number of thiazole rings is 1. The van der Waals surface area contributed by atoms with E-state index in [0.717, 1.165) is 16.4 Å². The molecule has 0 saturated heterocycles. The zero-order valence-corrected chi connectivity index (χ0v) is 11.9. The van der Waals surface area contributed by atoms with Gasteiger partial charge < -0.3 is 4.74 Å². The predicted molar refractivity (Wildman–Crippen MR) is 80.8 cm³/mol. The summed E-state index contributed by atoms with van der Waals surface area (Å²) >= 11 is 1.53. The summed E-state index contributed by atoms with van der Waals surface area (Å²) in [7, 11) is 0.